The minimum absolute atomic E-state index is 0.0713. The average Bonchev–Trinajstić information content (AvgIpc) is 3.04. The van der Waals surface area contributed by atoms with E-state index >= 15 is 0 Å². The third-order valence-electron chi connectivity index (χ3n) is 3.68. The first-order valence-electron chi connectivity index (χ1n) is 6.38. The summed E-state index contributed by atoms with van der Waals surface area (Å²) in [5.74, 6) is -0.436. The van der Waals surface area contributed by atoms with Crippen LogP contribution in [-0.4, -0.2) is 30.9 Å². The predicted molar refractivity (Wildman–Crippen MR) is 63.1 cm³/mol. The molecule has 1 aliphatic heterocycles. The first-order chi connectivity index (χ1) is 8.77. The van der Waals surface area contributed by atoms with E-state index in [1.165, 1.54) is 12.5 Å². The van der Waals surface area contributed by atoms with E-state index in [1.807, 2.05) is 0 Å². The number of furan rings is 1. The van der Waals surface area contributed by atoms with E-state index in [0.717, 1.165) is 25.7 Å². The third kappa shape index (κ3) is 2.28. The number of hydrogen-bond acceptors (Lipinski definition) is 4. The lowest BCUT2D eigenvalue weighted by Crippen LogP contribution is -2.43. The van der Waals surface area contributed by atoms with Gasteiger partial charge in [0.25, 0.3) is 5.91 Å². The lowest BCUT2D eigenvalue weighted by molar-refractivity contribution is -0.179. The van der Waals surface area contributed by atoms with E-state index in [2.05, 4.69) is 5.32 Å². The van der Waals surface area contributed by atoms with Crippen LogP contribution >= 0.6 is 0 Å². The first kappa shape index (κ1) is 11.7. The van der Waals surface area contributed by atoms with Gasteiger partial charge in [-0.25, -0.2) is 0 Å². The standard InChI is InChI=1S/C13H17NO4/c15-12(10-3-6-16-9-10)14-11-1-4-13(5-2-11)17-7-8-18-13/h3,6,9,11H,1-2,4-5,7-8H2,(H,14,15). The fourth-order valence-corrected chi connectivity index (χ4v) is 2.65. The average molecular weight is 251 g/mol. The number of carbonyl (C=O) groups is 1. The van der Waals surface area contributed by atoms with Crippen LogP contribution in [0.5, 0.6) is 0 Å². The molecule has 0 bridgehead atoms. The van der Waals surface area contributed by atoms with Crippen LogP contribution in [0.4, 0.5) is 0 Å². The number of amides is 1. The first-order valence-corrected chi connectivity index (χ1v) is 6.38. The van der Waals surface area contributed by atoms with Gasteiger partial charge in [-0.15, -0.1) is 0 Å². The zero-order chi connectivity index (χ0) is 12.4. The van der Waals surface area contributed by atoms with Crippen LogP contribution in [0.1, 0.15) is 36.0 Å². The molecule has 1 N–H and O–H groups in total. The van der Waals surface area contributed by atoms with Crippen LogP contribution in [-0.2, 0) is 9.47 Å². The topological polar surface area (TPSA) is 60.7 Å². The Morgan fingerprint density at radius 3 is 2.61 bits per heavy atom. The molecule has 2 fully saturated rings. The maximum absolute atomic E-state index is 11.9. The van der Waals surface area contributed by atoms with E-state index in [4.69, 9.17) is 13.9 Å². The van der Waals surface area contributed by atoms with Crippen LogP contribution in [0.25, 0.3) is 0 Å². The highest BCUT2D eigenvalue weighted by atomic mass is 16.7. The SMILES string of the molecule is O=C(NC1CCC2(CC1)OCCO2)c1ccoc1. The largest absolute Gasteiger partial charge is 0.472 e. The molecule has 18 heavy (non-hydrogen) atoms. The summed E-state index contributed by atoms with van der Waals surface area (Å²) in [6.45, 7) is 1.37. The number of ether oxygens (including phenoxy) is 2. The molecular weight excluding hydrogens is 234 g/mol. The molecule has 1 aromatic rings. The van der Waals surface area contributed by atoms with Crippen LogP contribution in [0, 0.1) is 0 Å². The molecule has 1 aliphatic carbocycles. The number of rotatable bonds is 2. The zero-order valence-corrected chi connectivity index (χ0v) is 10.2. The van der Waals surface area contributed by atoms with Crippen molar-refractivity contribution in [2.75, 3.05) is 13.2 Å². The Balaban J connectivity index is 1.52. The predicted octanol–water partition coefficient (Wildman–Crippen LogP) is 1.70. The van der Waals surface area contributed by atoms with E-state index in [0.29, 0.717) is 18.8 Å². The summed E-state index contributed by atoms with van der Waals surface area (Å²) >= 11 is 0. The Morgan fingerprint density at radius 2 is 2.00 bits per heavy atom. The maximum Gasteiger partial charge on any atom is 0.254 e. The molecule has 5 heteroatoms. The minimum Gasteiger partial charge on any atom is -0.472 e. The Labute approximate surface area is 105 Å². The molecule has 1 amide bonds. The number of nitrogens with one attached hydrogen (secondary N) is 1. The van der Waals surface area contributed by atoms with Crippen molar-refractivity contribution in [1.82, 2.24) is 5.32 Å². The molecule has 1 aromatic heterocycles. The van der Waals surface area contributed by atoms with Crippen LogP contribution in [0.2, 0.25) is 0 Å². The van der Waals surface area contributed by atoms with Crippen molar-refractivity contribution in [2.45, 2.75) is 37.5 Å². The fourth-order valence-electron chi connectivity index (χ4n) is 2.65. The third-order valence-corrected chi connectivity index (χ3v) is 3.68. The lowest BCUT2D eigenvalue weighted by Gasteiger charge is -2.35. The monoisotopic (exact) mass is 251 g/mol. The van der Waals surface area contributed by atoms with E-state index in [1.54, 1.807) is 6.07 Å². The van der Waals surface area contributed by atoms with Crippen molar-refractivity contribution in [2.24, 2.45) is 0 Å². The summed E-state index contributed by atoms with van der Waals surface area (Å²) in [5, 5.41) is 3.02. The Morgan fingerprint density at radius 1 is 1.28 bits per heavy atom. The van der Waals surface area contributed by atoms with Crippen molar-refractivity contribution in [3.8, 4) is 0 Å². The van der Waals surface area contributed by atoms with E-state index in [-0.39, 0.29) is 17.7 Å². The Hall–Kier alpha value is -1.33. The van der Waals surface area contributed by atoms with Gasteiger partial charge in [0, 0.05) is 18.9 Å². The van der Waals surface area contributed by atoms with Gasteiger partial charge in [-0.1, -0.05) is 0 Å². The molecule has 1 spiro atoms. The van der Waals surface area contributed by atoms with Gasteiger partial charge >= 0.3 is 0 Å². The van der Waals surface area contributed by atoms with Gasteiger partial charge in [0.05, 0.1) is 25.0 Å². The highest BCUT2D eigenvalue weighted by Crippen LogP contribution is 2.35. The van der Waals surface area contributed by atoms with Crippen molar-refractivity contribution in [3.63, 3.8) is 0 Å². The van der Waals surface area contributed by atoms with Gasteiger partial charge in [0.15, 0.2) is 5.79 Å². The zero-order valence-electron chi connectivity index (χ0n) is 10.2. The number of hydrogen-bond donors (Lipinski definition) is 1. The molecule has 3 rings (SSSR count). The molecule has 2 aliphatic rings. The molecule has 0 atom stereocenters. The summed E-state index contributed by atoms with van der Waals surface area (Å²) in [4.78, 5) is 11.9. The molecule has 98 valence electrons. The van der Waals surface area contributed by atoms with Gasteiger partial charge in [-0.05, 0) is 18.9 Å². The molecule has 1 saturated heterocycles. The maximum atomic E-state index is 11.9. The molecular formula is C13H17NO4. The summed E-state index contributed by atoms with van der Waals surface area (Å²) in [6, 6.07) is 1.87. The molecule has 0 unspecified atom stereocenters. The molecule has 0 radical (unpaired) electrons. The van der Waals surface area contributed by atoms with Gasteiger partial charge in [-0.2, -0.15) is 0 Å². The molecule has 5 nitrogen and oxygen atoms in total. The van der Waals surface area contributed by atoms with Crippen molar-refractivity contribution in [1.29, 1.82) is 0 Å². The van der Waals surface area contributed by atoms with Crippen molar-refractivity contribution >= 4 is 5.91 Å². The number of carbonyl (C=O) groups excluding carboxylic acids is 1. The minimum atomic E-state index is -0.364. The fraction of sp³-hybridized carbons (Fsp3) is 0.615. The summed E-state index contributed by atoms with van der Waals surface area (Å²) < 4.78 is 16.2. The van der Waals surface area contributed by atoms with Gasteiger partial charge in [0.2, 0.25) is 0 Å². The second-order valence-electron chi connectivity index (χ2n) is 4.87. The second-order valence-corrected chi connectivity index (χ2v) is 4.87. The summed E-state index contributed by atoms with van der Waals surface area (Å²) in [7, 11) is 0. The normalized spacial score (nSPS) is 23.3. The molecule has 0 aromatic carbocycles. The van der Waals surface area contributed by atoms with Gasteiger partial charge in [0.1, 0.15) is 6.26 Å². The van der Waals surface area contributed by atoms with Gasteiger partial charge < -0.3 is 19.2 Å². The molecule has 2 heterocycles. The Bertz CT molecular complexity index is 399. The van der Waals surface area contributed by atoms with Crippen molar-refractivity contribution < 1.29 is 18.7 Å². The second kappa shape index (κ2) is 4.74. The van der Waals surface area contributed by atoms with E-state index < -0.39 is 0 Å². The highest BCUT2D eigenvalue weighted by molar-refractivity contribution is 5.93. The summed E-state index contributed by atoms with van der Waals surface area (Å²) in [6.07, 6.45) is 6.45. The highest BCUT2D eigenvalue weighted by Gasteiger charge is 2.40. The van der Waals surface area contributed by atoms with Crippen LogP contribution < -0.4 is 5.32 Å². The molecule has 1 saturated carbocycles. The van der Waals surface area contributed by atoms with Crippen LogP contribution in [0.15, 0.2) is 23.0 Å². The Kier molecular flexibility index (Phi) is 3.09. The van der Waals surface area contributed by atoms with Crippen molar-refractivity contribution in [3.05, 3.63) is 24.2 Å². The lowest BCUT2D eigenvalue weighted by atomic mass is 9.90. The smallest absolute Gasteiger partial charge is 0.254 e. The summed E-state index contributed by atoms with van der Waals surface area (Å²) in [5.41, 5.74) is 0.573. The quantitative estimate of drug-likeness (QED) is 0.869. The van der Waals surface area contributed by atoms with Gasteiger partial charge in [-0.3, -0.25) is 4.79 Å². The van der Waals surface area contributed by atoms with E-state index in [9.17, 15) is 4.79 Å². The van der Waals surface area contributed by atoms with Crippen LogP contribution in [0.3, 0.4) is 0 Å².